The Kier molecular flexibility index (Phi) is 10.4. The quantitative estimate of drug-likeness (QED) is 0.331. The number of carbonyl (C=O) groups is 1. The third-order valence-corrected chi connectivity index (χ3v) is 4.06. The number of amides is 1. The van der Waals surface area contributed by atoms with E-state index < -0.39 is 0 Å². The van der Waals surface area contributed by atoms with Crippen LogP contribution in [0.3, 0.4) is 0 Å². The van der Waals surface area contributed by atoms with Gasteiger partial charge < -0.3 is 4.43 Å². The van der Waals surface area contributed by atoms with E-state index in [1.807, 2.05) is 24.2 Å². The van der Waals surface area contributed by atoms with E-state index in [9.17, 15) is 4.79 Å². The molecule has 21 heavy (non-hydrogen) atoms. The van der Waals surface area contributed by atoms with Gasteiger partial charge in [0.2, 0.25) is 9.76 Å². The first-order valence-electron chi connectivity index (χ1n) is 6.93. The molecule has 119 valence electrons. The van der Waals surface area contributed by atoms with Gasteiger partial charge in [-0.3, -0.25) is 0 Å². The molecule has 1 N–H and O–H groups in total. The summed E-state index contributed by atoms with van der Waals surface area (Å²) in [5.41, 5.74) is 0. The number of carbonyl (C=O) groups excluding carboxylic acids is 1. The molecule has 0 spiro atoms. The van der Waals surface area contributed by atoms with Gasteiger partial charge in [0.05, 0.1) is 0 Å². The monoisotopic (exact) mass is 353 g/mol. The Balaban J connectivity index is 2.16. The summed E-state index contributed by atoms with van der Waals surface area (Å²) in [4.78, 5) is 16.7. The van der Waals surface area contributed by atoms with Crippen LogP contribution in [0.1, 0.15) is 19.8 Å². The molecule has 0 saturated carbocycles. The van der Waals surface area contributed by atoms with Gasteiger partial charge in [-0.2, -0.15) is 0 Å². The van der Waals surface area contributed by atoms with Gasteiger partial charge in [0.1, 0.15) is 0 Å². The molecule has 7 nitrogen and oxygen atoms in total. The van der Waals surface area contributed by atoms with Crippen molar-refractivity contribution in [2.24, 2.45) is 3.95 Å². The Morgan fingerprint density at radius 1 is 1.57 bits per heavy atom. The van der Waals surface area contributed by atoms with Gasteiger partial charge in [-0.15, -0.1) is 0 Å². The molecule has 0 aromatic heterocycles. The standard InChI is InChI=1S/C12H22N2O5Si.V/c1-9-6-10(11(19-9)7-18-13)17-8-12(15)14-4-3-5-20-16-2;/h9-11H,3-8H2,1-2H3,(H,14,15);. The summed E-state index contributed by atoms with van der Waals surface area (Å²) in [5.74, 6) is -0.105. The minimum absolute atomic E-state index is 0.0448. The van der Waals surface area contributed by atoms with Crippen molar-refractivity contribution in [3.63, 3.8) is 0 Å². The first-order chi connectivity index (χ1) is 10.2. The van der Waals surface area contributed by atoms with E-state index in [2.05, 4.69) is 9.27 Å². The number of nitrogens with one attached hydrogen (secondary N) is 1. The average Bonchev–Trinajstić information content (AvgIpc) is 2.82. The molecule has 0 aromatic carbocycles. The van der Waals surface area contributed by atoms with Crippen LogP contribution in [-0.4, -0.2) is 60.9 Å². The topological polar surface area (TPSA) is 78.4 Å². The van der Waals surface area contributed by atoms with Crippen molar-refractivity contribution in [1.29, 1.82) is 0 Å². The molecule has 0 aliphatic carbocycles. The van der Waals surface area contributed by atoms with Crippen molar-refractivity contribution in [3.8, 4) is 0 Å². The predicted octanol–water partition coefficient (Wildman–Crippen LogP) is 0.401. The van der Waals surface area contributed by atoms with E-state index in [1.54, 1.807) is 7.11 Å². The molecule has 9 heteroatoms. The van der Waals surface area contributed by atoms with Crippen molar-refractivity contribution in [2.45, 2.75) is 44.1 Å². The molecule has 2 radical (unpaired) electrons. The zero-order valence-corrected chi connectivity index (χ0v) is 14.8. The van der Waals surface area contributed by atoms with Crippen LogP contribution in [0.4, 0.5) is 0 Å². The fourth-order valence-corrected chi connectivity index (χ4v) is 2.70. The zero-order chi connectivity index (χ0) is 15.5. The van der Waals surface area contributed by atoms with Gasteiger partial charge in [-0.25, -0.2) is 0 Å². The number of ether oxygens (including phenoxy) is 2. The summed E-state index contributed by atoms with van der Waals surface area (Å²) in [5, 5.41) is 2.83. The van der Waals surface area contributed by atoms with Crippen LogP contribution in [0.5, 0.6) is 0 Å². The second kappa shape index (κ2) is 11.5. The first-order valence-corrected chi connectivity index (χ1v) is 8.67. The molecule has 1 aliphatic rings. The molecule has 0 bridgehead atoms. The zero-order valence-electron chi connectivity index (χ0n) is 12.4. The van der Waals surface area contributed by atoms with Gasteiger partial charge in [-0.05, 0) is 0 Å². The second-order valence-corrected chi connectivity index (χ2v) is 6.20. The summed E-state index contributed by atoms with van der Waals surface area (Å²) in [6, 6.07) is 0.962. The number of hydrogen-bond acceptors (Lipinski definition) is 6. The van der Waals surface area contributed by atoms with E-state index >= 15 is 0 Å². The van der Waals surface area contributed by atoms with Crippen LogP contribution in [0.25, 0.3) is 0 Å². The molecule has 0 aromatic rings. The third kappa shape index (κ3) is 8.20. The van der Waals surface area contributed by atoms with E-state index in [0.29, 0.717) is 22.9 Å². The Hall–Kier alpha value is -0.0887. The van der Waals surface area contributed by atoms with Crippen molar-refractivity contribution in [3.05, 3.63) is 0 Å². The number of hydrogen-bond donors (Lipinski definition) is 1. The summed E-state index contributed by atoms with van der Waals surface area (Å²) in [6.07, 6.45) is 1.47. The van der Waals surface area contributed by atoms with Crippen LogP contribution in [0.15, 0.2) is 3.95 Å². The molecule has 1 amide bonds. The fraction of sp³-hybridized carbons (Fsp3) is 0.917. The minimum atomic E-state index is -0.177. The van der Waals surface area contributed by atoms with Crippen LogP contribution in [0, 0.1) is 0 Å². The Bertz CT molecular complexity index is 324. The molecule has 1 rings (SSSR count). The van der Waals surface area contributed by atoms with Gasteiger partial charge in [-0.1, -0.05) is 0 Å². The van der Waals surface area contributed by atoms with E-state index in [4.69, 9.17) is 18.7 Å². The summed E-state index contributed by atoms with van der Waals surface area (Å²) < 4.78 is 19.8. The predicted molar refractivity (Wildman–Crippen MR) is 72.3 cm³/mol. The number of nitrogens with zero attached hydrogens (tertiary/aromatic N) is 1. The summed E-state index contributed by atoms with van der Waals surface area (Å²) >= 11 is 1.99. The Labute approximate surface area is 137 Å². The fourth-order valence-electron chi connectivity index (χ4n) is 2.07. The van der Waals surface area contributed by atoms with Crippen molar-refractivity contribution in [2.75, 3.05) is 26.9 Å². The van der Waals surface area contributed by atoms with Gasteiger partial charge in [0.15, 0.2) is 0 Å². The van der Waals surface area contributed by atoms with Crippen LogP contribution >= 0.6 is 0 Å². The van der Waals surface area contributed by atoms with Crippen molar-refractivity contribution in [1.82, 2.24) is 5.32 Å². The molecular formula is C12H22N2O5SiV. The Morgan fingerprint density at radius 3 is 3.10 bits per heavy atom. The molecule has 1 heterocycles. The van der Waals surface area contributed by atoms with E-state index in [0.717, 1.165) is 18.9 Å². The normalized spacial score (nSPS) is 24.9. The van der Waals surface area contributed by atoms with E-state index in [-0.39, 0.29) is 30.8 Å². The first kappa shape index (κ1) is 19.0. The molecule has 1 aliphatic heterocycles. The van der Waals surface area contributed by atoms with E-state index in [1.165, 1.54) is 0 Å². The maximum atomic E-state index is 11.7. The Morgan fingerprint density at radius 2 is 2.38 bits per heavy atom. The van der Waals surface area contributed by atoms with Crippen LogP contribution in [-0.2, 0) is 40.8 Å². The van der Waals surface area contributed by atoms with Gasteiger partial charge >= 0.3 is 115 Å². The SMILES string of the molecule is CO[Si]CCCNC(=O)COC1CC(C)OC1CO[N]=[V]. The molecular weight excluding hydrogens is 331 g/mol. The molecule has 3 unspecified atom stereocenters. The van der Waals surface area contributed by atoms with Gasteiger partial charge in [0, 0.05) is 7.11 Å². The van der Waals surface area contributed by atoms with Crippen molar-refractivity contribution < 1.29 is 40.8 Å². The molecule has 1 saturated heterocycles. The van der Waals surface area contributed by atoms with Crippen molar-refractivity contribution >= 4 is 15.7 Å². The summed E-state index contributed by atoms with van der Waals surface area (Å²) in [6.45, 7) is 3.01. The summed E-state index contributed by atoms with van der Waals surface area (Å²) in [7, 11) is 2.17. The van der Waals surface area contributed by atoms with Crippen LogP contribution < -0.4 is 5.32 Å². The maximum absolute atomic E-state index is 11.7. The van der Waals surface area contributed by atoms with Crippen LogP contribution in [0.2, 0.25) is 6.04 Å². The molecule has 1 fully saturated rings. The molecule has 3 atom stereocenters. The second-order valence-electron chi connectivity index (χ2n) is 4.75. The number of rotatable bonds is 11. The van der Waals surface area contributed by atoms with Gasteiger partial charge in [0.25, 0.3) is 0 Å². The third-order valence-electron chi connectivity index (χ3n) is 3.03. The average molecular weight is 353 g/mol.